The molecule has 125 heavy (non-hydrogen) atoms. The summed E-state index contributed by atoms with van der Waals surface area (Å²) in [6.45, 7) is 1.58. The summed E-state index contributed by atoms with van der Waals surface area (Å²) in [5.74, 6) is 0.837. The molecule has 0 aromatic rings. The smallest absolute Gasteiger partial charge is 0.157 e. The molecule has 732 valence electrons. The van der Waals surface area contributed by atoms with Gasteiger partial charge in [-0.25, -0.2) is 0 Å². The average molecular weight is 1760 g/mol. The number of ether oxygens (including phenoxy) is 2. The van der Waals surface area contributed by atoms with Crippen LogP contribution in [0.25, 0.3) is 0 Å². The first-order valence-electron chi connectivity index (χ1n) is 58.1. The lowest BCUT2D eigenvalue weighted by Gasteiger charge is -2.08. The Balaban J connectivity index is 1.64. The fourth-order valence-electron chi connectivity index (χ4n) is 18.6. The predicted octanol–water partition coefficient (Wildman–Crippen LogP) is 44.6. The largest absolute Gasteiger partial charge is 0.350 e. The highest BCUT2D eigenvalue weighted by Gasteiger charge is 2.15. The second kappa shape index (κ2) is 116. The van der Waals surface area contributed by atoms with E-state index in [4.69, 9.17) is 21.1 Å². The van der Waals surface area contributed by atoms with Crippen molar-refractivity contribution in [1.29, 1.82) is 0 Å². The van der Waals surface area contributed by atoms with Crippen molar-refractivity contribution in [3.05, 3.63) is 109 Å². The number of halogens is 1. The zero-order chi connectivity index (χ0) is 88.6. The molecule has 2 nitrogen and oxygen atoms in total. The van der Waals surface area contributed by atoms with Crippen LogP contribution in [0.1, 0.15) is 642 Å². The van der Waals surface area contributed by atoms with Crippen molar-refractivity contribution in [2.45, 2.75) is 648 Å². The summed E-state index contributed by atoms with van der Waals surface area (Å²) in [5, 5.41) is 0. The van der Waals surface area contributed by atoms with Crippen molar-refractivity contribution in [3.63, 3.8) is 0 Å². The molecular formula is C122H225ClO2. The zero-order valence-electron chi connectivity index (χ0n) is 85.0. The molecule has 0 aromatic carbocycles. The van der Waals surface area contributed by atoms with Gasteiger partial charge in [-0.1, -0.05) is 501 Å². The van der Waals surface area contributed by atoms with Crippen LogP contribution < -0.4 is 0 Å². The highest BCUT2D eigenvalue weighted by atomic mass is 35.5. The van der Waals surface area contributed by atoms with Crippen molar-refractivity contribution in [1.82, 2.24) is 0 Å². The third-order valence-electron chi connectivity index (χ3n) is 27.2. The van der Waals surface area contributed by atoms with Crippen molar-refractivity contribution >= 4 is 11.6 Å². The number of hydrogen-bond donors (Lipinski definition) is 0. The Labute approximate surface area is 792 Å². The van der Waals surface area contributed by atoms with Gasteiger partial charge in [-0.15, -0.1) is 11.6 Å². The first kappa shape index (κ1) is 121. The summed E-state index contributed by atoms with van der Waals surface area (Å²) < 4.78 is 11.1. The van der Waals surface area contributed by atoms with Crippen LogP contribution in [0, 0.1) is 0 Å². The van der Waals surface area contributed by atoms with Gasteiger partial charge in [0, 0.05) is 5.88 Å². The van der Waals surface area contributed by atoms with E-state index in [1.54, 1.807) is 0 Å². The van der Waals surface area contributed by atoms with Crippen molar-refractivity contribution in [2.75, 3.05) is 19.1 Å². The third kappa shape index (κ3) is 112. The van der Waals surface area contributed by atoms with Crippen molar-refractivity contribution < 1.29 is 9.47 Å². The molecule has 1 aliphatic rings. The van der Waals surface area contributed by atoms with E-state index in [0.29, 0.717) is 0 Å². The first-order chi connectivity index (χ1) is 62.4. The molecule has 1 fully saturated rings. The van der Waals surface area contributed by atoms with Crippen LogP contribution in [0.3, 0.4) is 0 Å². The molecule has 0 bridgehead atoms. The maximum atomic E-state index is 5.77. The first-order valence-corrected chi connectivity index (χ1v) is 58.6. The Kier molecular flexibility index (Phi) is 112. The quantitative estimate of drug-likeness (QED) is 0.0343. The van der Waals surface area contributed by atoms with Gasteiger partial charge in [0.2, 0.25) is 0 Å². The predicted molar refractivity (Wildman–Crippen MR) is 570 cm³/mol. The third-order valence-corrected chi connectivity index (χ3v) is 27.5. The lowest BCUT2D eigenvalue weighted by molar-refractivity contribution is -0.0480. The molecular weight excluding hydrogens is 1530 g/mol. The van der Waals surface area contributed by atoms with Gasteiger partial charge in [-0.05, 0) is 250 Å². The molecule has 1 rings (SSSR count). The number of rotatable bonds is 110. The highest BCUT2D eigenvalue weighted by Crippen LogP contribution is 2.23. The monoisotopic (exact) mass is 1760 g/mol. The lowest BCUT2D eigenvalue weighted by Crippen LogP contribution is -2.06. The molecule has 1 heterocycles. The maximum absolute atomic E-state index is 5.77. The van der Waals surface area contributed by atoms with Crippen LogP contribution in [0.5, 0.6) is 0 Å². The van der Waals surface area contributed by atoms with E-state index >= 15 is 0 Å². The van der Waals surface area contributed by atoms with Crippen LogP contribution in [-0.2, 0) is 9.47 Å². The molecule has 0 aliphatic carbocycles. The maximum Gasteiger partial charge on any atom is 0.157 e. The summed E-state index contributed by atoms with van der Waals surface area (Å²) in [7, 11) is 0. The molecule has 1 aliphatic heterocycles. The molecule has 0 saturated carbocycles. The summed E-state index contributed by atoms with van der Waals surface area (Å²) in [5.41, 5.74) is 0. The van der Waals surface area contributed by atoms with E-state index in [1.807, 2.05) is 0 Å². The van der Waals surface area contributed by atoms with Crippen LogP contribution in [0.4, 0.5) is 0 Å². The van der Waals surface area contributed by atoms with Gasteiger partial charge in [0.25, 0.3) is 0 Å². The molecule has 0 aromatic heterocycles. The van der Waals surface area contributed by atoms with Gasteiger partial charge < -0.3 is 9.47 Å². The van der Waals surface area contributed by atoms with Crippen molar-refractivity contribution in [2.24, 2.45) is 0 Å². The Bertz CT molecular complexity index is 2170. The van der Waals surface area contributed by atoms with Crippen LogP contribution in [0.15, 0.2) is 109 Å². The van der Waals surface area contributed by atoms with Crippen LogP contribution in [0.2, 0.25) is 0 Å². The second-order valence-electron chi connectivity index (χ2n) is 39.7. The Morgan fingerprint density at radius 3 is 0.312 bits per heavy atom. The van der Waals surface area contributed by atoms with E-state index < -0.39 is 0 Å². The van der Waals surface area contributed by atoms with Crippen LogP contribution in [-0.4, -0.2) is 25.4 Å². The van der Waals surface area contributed by atoms with E-state index in [1.165, 1.54) is 636 Å². The number of hydrogen-bond acceptors (Lipinski definition) is 2. The van der Waals surface area contributed by atoms with Crippen molar-refractivity contribution in [3.8, 4) is 0 Å². The topological polar surface area (TPSA) is 18.5 Å². The minimum atomic E-state index is 0.0966. The standard InChI is InChI=1S/C122H225ClO2/c123-119-117-115-113-111-109-107-105-103-101-99-97-95-93-91-89-87-85-83-81-79-77-75-73-71-69-67-65-63-61-59-57-55-53-51-49-47-45-43-41-39-37-35-33-31-29-27-25-23-21-19-17-15-13-11-9-7-5-3-1-2-4-6-8-10-12-14-16-18-20-22-24-26-28-30-32-34-36-38-40-42-44-46-48-50-52-54-56-58-60-62-64-66-68-70-72-74-76-78-80-82-84-86-88-90-92-94-96-98-100-102-104-106-108-110-112-114-116-118-122-124-120-121-125-122/h1-2,23-26,47-50,71-74,95-98,122H,3-22,27-46,51-70,75-94,99-121H2/b2-1+,25-23+,26-24+,49-47+,50-48+,73-71+,74-72+,97-95+,98-96+. The zero-order valence-corrected chi connectivity index (χ0v) is 85.8. The number of unbranched alkanes of at least 4 members (excludes halogenated alkanes) is 89. The minimum absolute atomic E-state index is 0.0966. The summed E-state index contributed by atoms with van der Waals surface area (Å²) in [4.78, 5) is 0. The lowest BCUT2D eigenvalue weighted by atomic mass is 10.0. The SMILES string of the molecule is ClCCCCCCCCCCC/C=C/CCCCCCCCCC/C=C/CCCCCCCCCC/C=C/CCCCCCCCCC/C=C/CCCCCCCCCC/C=C/CCCCCCCCCC/C=C/CCCCCCCCCC/C=C/CCCCCCCCCC/C=C/CCCCCCCCCC/C=C/CCCCCCCCCCC1OCCO1. The summed E-state index contributed by atoms with van der Waals surface area (Å²) in [6, 6.07) is 0. The molecule has 0 spiro atoms. The van der Waals surface area contributed by atoms with E-state index in [2.05, 4.69) is 109 Å². The Morgan fingerprint density at radius 1 is 0.120 bits per heavy atom. The normalized spacial score (nSPS) is 13.2. The molecule has 0 unspecified atom stereocenters. The number of allylic oxidation sites excluding steroid dienone is 18. The summed E-state index contributed by atoms with van der Waals surface area (Å²) >= 11 is 5.77. The van der Waals surface area contributed by atoms with Gasteiger partial charge in [0.05, 0.1) is 13.2 Å². The Morgan fingerprint density at radius 2 is 0.208 bits per heavy atom. The van der Waals surface area contributed by atoms with Crippen LogP contribution >= 0.6 is 11.6 Å². The van der Waals surface area contributed by atoms with E-state index in [9.17, 15) is 0 Å². The van der Waals surface area contributed by atoms with E-state index in [-0.39, 0.29) is 6.29 Å². The van der Waals surface area contributed by atoms with E-state index in [0.717, 1.165) is 25.5 Å². The molecule has 0 N–H and O–H groups in total. The van der Waals surface area contributed by atoms with Gasteiger partial charge in [0.1, 0.15) is 0 Å². The molecule has 1 saturated heterocycles. The fourth-order valence-corrected chi connectivity index (χ4v) is 18.8. The van der Waals surface area contributed by atoms with Gasteiger partial charge in [0.15, 0.2) is 6.29 Å². The molecule has 0 amide bonds. The minimum Gasteiger partial charge on any atom is -0.350 e. The molecule has 0 radical (unpaired) electrons. The highest BCUT2D eigenvalue weighted by molar-refractivity contribution is 6.17. The van der Waals surface area contributed by atoms with Gasteiger partial charge in [-0.3, -0.25) is 0 Å². The molecule has 0 atom stereocenters. The average Bonchev–Trinajstić information content (AvgIpc) is 1.85. The second-order valence-corrected chi connectivity index (χ2v) is 40.1. The molecule has 3 heteroatoms. The Hall–Kier alpha value is -2.13. The number of alkyl halides is 1. The summed E-state index contributed by atoms with van der Waals surface area (Å²) in [6.07, 6.45) is 184. The van der Waals surface area contributed by atoms with Gasteiger partial charge in [-0.2, -0.15) is 0 Å². The fraction of sp³-hybridized carbons (Fsp3) is 0.852. The van der Waals surface area contributed by atoms with Gasteiger partial charge >= 0.3 is 0 Å².